The van der Waals surface area contributed by atoms with Gasteiger partial charge in [-0.15, -0.1) is 0 Å². The number of ether oxygens (including phenoxy) is 8. The van der Waals surface area contributed by atoms with Gasteiger partial charge in [-0.05, 0) is 41.7 Å². The minimum atomic E-state index is -0.850. The lowest BCUT2D eigenvalue weighted by atomic mass is 9.97. The lowest BCUT2D eigenvalue weighted by Crippen LogP contribution is -2.63. The summed E-state index contributed by atoms with van der Waals surface area (Å²) in [4.78, 5) is 0. The fourth-order valence-electron chi connectivity index (χ4n) is 7.13. The SMILES string of the molecule is CC1OCC(OCc2ccccc2)C(OC2OC(C)C(OCc3ccccc3)C(OCc3ccccc3)C2OCc2ccccc2)C1OCc1ccccc1. The monoisotopic (exact) mass is 744 g/mol. The van der Waals surface area contributed by atoms with Gasteiger partial charge in [0.1, 0.15) is 36.6 Å². The molecule has 5 aromatic carbocycles. The maximum atomic E-state index is 7.16. The Balaban J connectivity index is 1.19. The third-order valence-electron chi connectivity index (χ3n) is 10.1. The van der Waals surface area contributed by atoms with E-state index < -0.39 is 49.0 Å². The highest BCUT2D eigenvalue weighted by molar-refractivity contribution is 5.17. The Morgan fingerprint density at radius 3 is 1.16 bits per heavy atom. The van der Waals surface area contributed by atoms with Crippen LogP contribution in [-0.2, 0) is 70.9 Å². The van der Waals surface area contributed by atoms with Gasteiger partial charge in [0.15, 0.2) is 6.29 Å². The van der Waals surface area contributed by atoms with Crippen LogP contribution in [0.15, 0.2) is 152 Å². The minimum Gasteiger partial charge on any atom is -0.373 e. The lowest BCUT2D eigenvalue weighted by Gasteiger charge is -2.48. The van der Waals surface area contributed by atoms with Gasteiger partial charge in [0, 0.05) is 0 Å². The molecule has 2 heterocycles. The molecule has 0 radical (unpaired) electrons. The molecule has 2 aliphatic heterocycles. The van der Waals surface area contributed by atoms with Crippen LogP contribution < -0.4 is 0 Å². The Bertz CT molecular complexity index is 1800. The molecule has 0 aromatic heterocycles. The summed E-state index contributed by atoms with van der Waals surface area (Å²) in [5.41, 5.74) is 5.24. The van der Waals surface area contributed by atoms with E-state index in [9.17, 15) is 0 Å². The maximum absolute atomic E-state index is 7.16. The van der Waals surface area contributed by atoms with Gasteiger partial charge in [0.2, 0.25) is 0 Å². The molecule has 2 fully saturated rings. The molecule has 7 rings (SSSR count). The molecule has 8 heteroatoms. The van der Waals surface area contributed by atoms with Gasteiger partial charge in [-0.2, -0.15) is 0 Å². The van der Waals surface area contributed by atoms with Crippen LogP contribution in [0.2, 0.25) is 0 Å². The average Bonchev–Trinajstić information content (AvgIpc) is 3.23. The topological polar surface area (TPSA) is 73.8 Å². The van der Waals surface area contributed by atoms with Gasteiger partial charge in [-0.3, -0.25) is 0 Å². The van der Waals surface area contributed by atoms with Gasteiger partial charge in [0.25, 0.3) is 0 Å². The first-order valence-electron chi connectivity index (χ1n) is 19.3. The van der Waals surface area contributed by atoms with E-state index in [0.29, 0.717) is 39.6 Å². The Labute approximate surface area is 325 Å². The van der Waals surface area contributed by atoms with Gasteiger partial charge >= 0.3 is 0 Å². The molecule has 9 atom stereocenters. The molecule has 0 N–H and O–H groups in total. The second-order valence-electron chi connectivity index (χ2n) is 14.2. The number of hydrogen-bond acceptors (Lipinski definition) is 8. The first kappa shape index (κ1) is 39.0. The van der Waals surface area contributed by atoms with Gasteiger partial charge < -0.3 is 37.9 Å². The van der Waals surface area contributed by atoms with Crippen LogP contribution in [-0.4, -0.2) is 61.7 Å². The van der Waals surface area contributed by atoms with Crippen molar-refractivity contribution in [3.63, 3.8) is 0 Å². The molecule has 0 saturated carbocycles. The van der Waals surface area contributed by atoms with Crippen LogP contribution in [0.1, 0.15) is 41.7 Å². The van der Waals surface area contributed by atoms with Crippen LogP contribution in [0.25, 0.3) is 0 Å². The zero-order chi connectivity index (χ0) is 37.7. The van der Waals surface area contributed by atoms with E-state index in [1.165, 1.54) is 0 Å². The van der Waals surface area contributed by atoms with E-state index in [1.807, 2.05) is 117 Å². The van der Waals surface area contributed by atoms with Crippen LogP contribution in [0, 0.1) is 0 Å². The Morgan fingerprint density at radius 1 is 0.400 bits per heavy atom. The molecule has 2 saturated heterocycles. The maximum Gasteiger partial charge on any atom is 0.187 e. The van der Waals surface area contributed by atoms with E-state index in [0.717, 1.165) is 27.8 Å². The van der Waals surface area contributed by atoms with Crippen molar-refractivity contribution in [2.75, 3.05) is 6.61 Å². The van der Waals surface area contributed by atoms with E-state index in [4.69, 9.17) is 37.9 Å². The summed E-state index contributed by atoms with van der Waals surface area (Å²) in [5, 5.41) is 0. The van der Waals surface area contributed by atoms with Crippen molar-refractivity contribution in [2.24, 2.45) is 0 Å². The summed E-state index contributed by atoms with van der Waals surface area (Å²) in [6, 6.07) is 50.6. The van der Waals surface area contributed by atoms with Crippen molar-refractivity contribution in [2.45, 2.75) is 102 Å². The molecule has 5 aromatic rings. The second-order valence-corrected chi connectivity index (χ2v) is 14.2. The molecule has 0 amide bonds. The number of benzene rings is 5. The third kappa shape index (κ3) is 11.0. The summed E-state index contributed by atoms with van der Waals surface area (Å²) < 4.78 is 53.9. The van der Waals surface area contributed by atoms with Crippen LogP contribution in [0.4, 0.5) is 0 Å². The molecule has 2 aliphatic rings. The van der Waals surface area contributed by atoms with Crippen molar-refractivity contribution in [1.29, 1.82) is 0 Å². The van der Waals surface area contributed by atoms with Crippen LogP contribution in [0.3, 0.4) is 0 Å². The highest BCUT2D eigenvalue weighted by atomic mass is 16.7. The fraction of sp³-hybridized carbons (Fsp3) is 0.362. The number of hydrogen-bond donors (Lipinski definition) is 0. The first-order valence-corrected chi connectivity index (χ1v) is 19.3. The van der Waals surface area contributed by atoms with Crippen molar-refractivity contribution in [1.82, 2.24) is 0 Å². The summed E-state index contributed by atoms with van der Waals surface area (Å²) in [6.07, 6.45) is -4.72. The van der Waals surface area contributed by atoms with Crippen molar-refractivity contribution in [3.05, 3.63) is 179 Å². The molecule has 0 spiro atoms. The lowest BCUT2D eigenvalue weighted by molar-refractivity contribution is -0.351. The van der Waals surface area contributed by atoms with Gasteiger partial charge in [-0.1, -0.05) is 152 Å². The molecular formula is C47H52O8. The molecular weight excluding hydrogens is 693 g/mol. The molecule has 0 aliphatic carbocycles. The standard InChI is InChI=1S/C47H52O8/c1-34-42(50-29-37-20-10-4-11-21-37)44(41(33-48-34)49-28-36-18-8-3-9-19-36)55-47-46(53-32-40-26-16-7-17-27-40)45(52-31-39-24-14-6-15-25-39)43(35(2)54-47)51-30-38-22-12-5-13-23-38/h3-27,34-35,41-47H,28-33H2,1-2H3. The summed E-state index contributed by atoms with van der Waals surface area (Å²) in [6.45, 7) is 6.22. The molecule has 9 unspecified atom stereocenters. The summed E-state index contributed by atoms with van der Waals surface area (Å²) in [5.74, 6) is 0. The highest BCUT2D eigenvalue weighted by Gasteiger charge is 2.51. The zero-order valence-electron chi connectivity index (χ0n) is 31.6. The van der Waals surface area contributed by atoms with Crippen LogP contribution in [0.5, 0.6) is 0 Å². The van der Waals surface area contributed by atoms with Crippen molar-refractivity contribution >= 4 is 0 Å². The molecule has 55 heavy (non-hydrogen) atoms. The quantitative estimate of drug-likeness (QED) is 0.0940. The largest absolute Gasteiger partial charge is 0.373 e. The molecule has 0 bridgehead atoms. The smallest absolute Gasteiger partial charge is 0.187 e. The number of rotatable bonds is 17. The average molecular weight is 745 g/mol. The predicted molar refractivity (Wildman–Crippen MR) is 210 cm³/mol. The Kier molecular flexibility index (Phi) is 14.3. The van der Waals surface area contributed by atoms with E-state index in [1.54, 1.807) is 0 Å². The molecule has 8 nitrogen and oxygen atoms in total. The Morgan fingerprint density at radius 2 is 0.745 bits per heavy atom. The van der Waals surface area contributed by atoms with Crippen molar-refractivity contribution < 1.29 is 37.9 Å². The minimum absolute atomic E-state index is 0.276. The molecule has 288 valence electrons. The summed E-state index contributed by atoms with van der Waals surface area (Å²) in [7, 11) is 0. The van der Waals surface area contributed by atoms with Gasteiger partial charge in [0.05, 0.1) is 51.8 Å². The van der Waals surface area contributed by atoms with Crippen LogP contribution >= 0.6 is 0 Å². The van der Waals surface area contributed by atoms with Gasteiger partial charge in [-0.25, -0.2) is 0 Å². The second kappa shape index (κ2) is 20.1. The van der Waals surface area contributed by atoms with E-state index in [2.05, 4.69) is 48.5 Å². The van der Waals surface area contributed by atoms with E-state index >= 15 is 0 Å². The van der Waals surface area contributed by atoms with E-state index in [-0.39, 0.29) is 6.10 Å². The van der Waals surface area contributed by atoms with Crippen molar-refractivity contribution in [3.8, 4) is 0 Å². The predicted octanol–water partition coefficient (Wildman–Crippen LogP) is 8.46. The third-order valence-corrected chi connectivity index (χ3v) is 10.1. The summed E-state index contributed by atoms with van der Waals surface area (Å²) >= 11 is 0. The fourth-order valence-corrected chi connectivity index (χ4v) is 7.13. The zero-order valence-corrected chi connectivity index (χ0v) is 31.6. The highest BCUT2D eigenvalue weighted by Crippen LogP contribution is 2.34. The normalized spacial score (nSPS) is 26.8. The first-order chi connectivity index (χ1) is 27.1. The Hall–Kier alpha value is -4.22.